The van der Waals surface area contributed by atoms with Gasteiger partial charge in [0.1, 0.15) is 6.17 Å². The quantitative estimate of drug-likeness (QED) is 0.336. The minimum Gasteiger partial charge on any atom is -0.493 e. The molecule has 7 nitrogen and oxygen atoms in total. The Morgan fingerprint density at radius 3 is 2.15 bits per heavy atom. The number of hydrogen-bond donors (Lipinski definition) is 3. The van der Waals surface area contributed by atoms with Crippen molar-refractivity contribution in [3.8, 4) is 17.2 Å². The molecule has 0 fully saturated rings. The molecule has 27 heavy (non-hydrogen) atoms. The SMILES string of the molecule is CNC(=S)NC(CC(C)C)NC(=O)/C=C/c1cc(OC)c(OC)c(OC)c1. The van der Waals surface area contributed by atoms with Crippen molar-refractivity contribution in [1.29, 1.82) is 0 Å². The zero-order chi connectivity index (χ0) is 20.4. The van der Waals surface area contributed by atoms with Crippen LogP contribution >= 0.6 is 12.2 Å². The van der Waals surface area contributed by atoms with Gasteiger partial charge in [0, 0.05) is 13.1 Å². The number of nitrogens with one attached hydrogen (secondary N) is 3. The van der Waals surface area contributed by atoms with Crippen LogP contribution in [0.4, 0.5) is 0 Å². The standard InChI is InChI=1S/C19H29N3O4S/c1-12(2)9-16(22-19(27)20-3)21-17(23)8-7-13-10-14(24-4)18(26-6)15(11-13)25-5/h7-8,10-12,16H,9H2,1-6H3,(H,21,23)(H2,20,22,27)/b8-7+. The van der Waals surface area contributed by atoms with Gasteiger partial charge in [0.2, 0.25) is 11.7 Å². The summed E-state index contributed by atoms with van der Waals surface area (Å²) < 4.78 is 15.9. The summed E-state index contributed by atoms with van der Waals surface area (Å²) >= 11 is 5.13. The summed E-state index contributed by atoms with van der Waals surface area (Å²) in [7, 11) is 6.36. The molecular formula is C19H29N3O4S. The van der Waals surface area contributed by atoms with Gasteiger partial charge in [-0.2, -0.15) is 0 Å². The Labute approximate surface area is 166 Å². The summed E-state index contributed by atoms with van der Waals surface area (Å²) in [6, 6.07) is 3.54. The van der Waals surface area contributed by atoms with Gasteiger partial charge in [-0.3, -0.25) is 4.79 Å². The van der Waals surface area contributed by atoms with E-state index in [0.29, 0.717) is 28.3 Å². The van der Waals surface area contributed by atoms with E-state index in [-0.39, 0.29) is 12.1 Å². The normalized spacial score (nSPS) is 11.8. The van der Waals surface area contributed by atoms with Gasteiger partial charge >= 0.3 is 0 Å². The van der Waals surface area contributed by atoms with Crippen molar-refractivity contribution in [3.63, 3.8) is 0 Å². The van der Waals surface area contributed by atoms with Gasteiger partial charge in [-0.25, -0.2) is 0 Å². The fraction of sp³-hybridized carbons (Fsp3) is 0.474. The molecule has 0 aliphatic rings. The molecule has 0 spiro atoms. The van der Waals surface area contributed by atoms with Crippen LogP contribution in [0.5, 0.6) is 17.2 Å². The smallest absolute Gasteiger partial charge is 0.245 e. The van der Waals surface area contributed by atoms with Gasteiger partial charge in [-0.1, -0.05) is 13.8 Å². The van der Waals surface area contributed by atoms with E-state index in [2.05, 4.69) is 29.8 Å². The first kappa shape index (κ1) is 22.6. The van der Waals surface area contributed by atoms with E-state index in [0.717, 1.165) is 12.0 Å². The maximum Gasteiger partial charge on any atom is 0.245 e. The van der Waals surface area contributed by atoms with Gasteiger partial charge in [0.25, 0.3) is 0 Å². The van der Waals surface area contributed by atoms with Gasteiger partial charge in [-0.15, -0.1) is 0 Å². The van der Waals surface area contributed by atoms with Gasteiger partial charge < -0.3 is 30.2 Å². The maximum atomic E-state index is 12.3. The van der Waals surface area contributed by atoms with Crippen molar-refractivity contribution in [2.45, 2.75) is 26.4 Å². The van der Waals surface area contributed by atoms with Gasteiger partial charge in [-0.05, 0) is 48.3 Å². The van der Waals surface area contributed by atoms with E-state index in [4.69, 9.17) is 26.4 Å². The fourth-order valence-corrected chi connectivity index (χ4v) is 2.59. The molecule has 1 rings (SSSR count). The van der Waals surface area contributed by atoms with Crippen LogP contribution in [0.25, 0.3) is 6.08 Å². The van der Waals surface area contributed by atoms with Crippen molar-refractivity contribution < 1.29 is 19.0 Å². The zero-order valence-corrected chi connectivity index (χ0v) is 17.5. The number of thiocarbonyl (C=S) groups is 1. The number of methoxy groups -OCH3 is 3. The lowest BCUT2D eigenvalue weighted by molar-refractivity contribution is -0.117. The molecule has 0 aromatic heterocycles. The first-order valence-corrected chi connectivity index (χ1v) is 9.02. The number of carbonyl (C=O) groups is 1. The molecule has 1 aromatic rings. The third-order valence-electron chi connectivity index (χ3n) is 3.67. The summed E-state index contributed by atoms with van der Waals surface area (Å²) in [4.78, 5) is 12.3. The number of carbonyl (C=O) groups excluding carboxylic acids is 1. The second-order valence-electron chi connectivity index (χ2n) is 6.21. The third-order valence-corrected chi connectivity index (χ3v) is 3.99. The van der Waals surface area contributed by atoms with Crippen LogP contribution in [-0.2, 0) is 4.79 Å². The Morgan fingerprint density at radius 2 is 1.70 bits per heavy atom. The highest BCUT2D eigenvalue weighted by molar-refractivity contribution is 7.80. The topological polar surface area (TPSA) is 80.9 Å². The molecule has 1 aromatic carbocycles. The van der Waals surface area contributed by atoms with Gasteiger partial charge in [0.05, 0.1) is 21.3 Å². The zero-order valence-electron chi connectivity index (χ0n) is 16.7. The third kappa shape index (κ3) is 7.34. The van der Waals surface area contributed by atoms with Crippen molar-refractivity contribution in [2.24, 2.45) is 5.92 Å². The average Bonchev–Trinajstić information content (AvgIpc) is 2.64. The number of hydrogen-bond acceptors (Lipinski definition) is 5. The maximum absolute atomic E-state index is 12.3. The highest BCUT2D eigenvalue weighted by atomic mass is 32.1. The van der Waals surface area contributed by atoms with E-state index in [1.54, 1.807) is 46.6 Å². The van der Waals surface area contributed by atoms with E-state index < -0.39 is 0 Å². The Kier molecular flexibility index (Phi) is 9.42. The van der Waals surface area contributed by atoms with Crippen LogP contribution < -0.4 is 30.2 Å². The molecule has 0 saturated carbocycles. The average molecular weight is 396 g/mol. The summed E-state index contributed by atoms with van der Waals surface area (Å²) in [5.74, 6) is 1.71. The Bertz CT molecular complexity index is 652. The molecule has 3 N–H and O–H groups in total. The molecule has 0 saturated heterocycles. The van der Waals surface area contributed by atoms with Crippen LogP contribution in [0.2, 0.25) is 0 Å². The molecular weight excluding hydrogens is 366 g/mol. The highest BCUT2D eigenvalue weighted by Gasteiger charge is 2.14. The second-order valence-corrected chi connectivity index (χ2v) is 6.61. The predicted octanol–water partition coefficient (Wildman–Crippen LogP) is 2.31. The van der Waals surface area contributed by atoms with E-state index in [1.165, 1.54) is 6.08 Å². The lowest BCUT2D eigenvalue weighted by atomic mass is 10.1. The van der Waals surface area contributed by atoms with Gasteiger partial charge in [0.15, 0.2) is 16.6 Å². The number of amides is 1. The van der Waals surface area contributed by atoms with E-state index in [1.807, 2.05) is 0 Å². The van der Waals surface area contributed by atoms with Crippen LogP contribution in [0.1, 0.15) is 25.8 Å². The first-order valence-electron chi connectivity index (χ1n) is 8.61. The molecule has 1 atom stereocenters. The van der Waals surface area contributed by atoms with E-state index >= 15 is 0 Å². The molecule has 8 heteroatoms. The van der Waals surface area contributed by atoms with Crippen LogP contribution in [0.15, 0.2) is 18.2 Å². The molecule has 0 aliphatic heterocycles. The lowest BCUT2D eigenvalue weighted by Gasteiger charge is -2.22. The first-order chi connectivity index (χ1) is 12.8. The summed E-state index contributed by atoms with van der Waals surface area (Å²) in [5, 5.41) is 9.32. The monoisotopic (exact) mass is 395 g/mol. The van der Waals surface area contributed by atoms with Crippen LogP contribution in [-0.4, -0.2) is 45.6 Å². The minimum absolute atomic E-state index is 0.235. The molecule has 1 unspecified atom stereocenters. The molecule has 1 amide bonds. The summed E-state index contributed by atoms with van der Waals surface area (Å²) in [6.45, 7) is 4.16. The summed E-state index contributed by atoms with van der Waals surface area (Å²) in [5.41, 5.74) is 0.749. The van der Waals surface area contributed by atoms with Crippen molar-refractivity contribution in [1.82, 2.24) is 16.0 Å². The number of ether oxygens (including phenoxy) is 3. The van der Waals surface area contributed by atoms with E-state index in [9.17, 15) is 4.79 Å². The Balaban J connectivity index is 2.90. The minimum atomic E-state index is -0.262. The van der Waals surface area contributed by atoms with Crippen molar-refractivity contribution >= 4 is 29.3 Å². The molecule has 0 bridgehead atoms. The fourth-order valence-electron chi connectivity index (χ4n) is 2.45. The number of benzene rings is 1. The van der Waals surface area contributed by atoms with Crippen LogP contribution in [0, 0.1) is 5.92 Å². The molecule has 0 aliphatic carbocycles. The Morgan fingerprint density at radius 1 is 1.11 bits per heavy atom. The van der Waals surface area contributed by atoms with Crippen molar-refractivity contribution in [2.75, 3.05) is 28.4 Å². The lowest BCUT2D eigenvalue weighted by Crippen LogP contribution is -2.50. The number of rotatable bonds is 9. The second kappa shape index (κ2) is 11.3. The van der Waals surface area contributed by atoms with Crippen molar-refractivity contribution in [3.05, 3.63) is 23.8 Å². The summed E-state index contributed by atoms with van der Waals surface area (Å²) in [6.07, 6.45) is 3.62. The molecule has 150 valence electrons. The molecule has 0 radical (unpaired) electrons. The predicted molar refractivity (Wildman–Crippen MR) is 111 cm³/mol. The van der Waals surface area contributed by atoms with Crippen LogP contribution in [0.3, 0.4) is 0 Å². The Hall–Kier alpha value is -2.48. The highest BCUT2D eigenvalue weighted by Crippen LogP contribution is 2.38. The largest absolute Gasteiger partial charge is 0.493 e. The molecule has 0 heterocycles.